The van der Waals surface area contributed by atoms with Gasteiger partial charge in [0, 0.05) is 26.3 Å². The van der Waals surface area contributed by atoms with Gasteiger partial charge in [-0.15, -0.1) is 0 Å². The Kier molecular flexibility index (Phi) is 7.34. The van der Waals surface area contributed by atoms with E-state index in [4.69, 9.17) is 0 Å². The predicted molar refractivity (Wildman–Crippen MR) is 84.7 cm³/mol. The van der Waals surface area contributed by atoms with Crippen molar-refractivity contribution in [3.63, 3.8) is 0 Å². The maximum atomic E-state index is 12.4. The molecule has 0 bridgehead atoms. The number of nitrogens with zero attached hydrogens (tertiary/aromatic N) is 3. The van der Waals surface area contributed by atoms with Gasteiger partial charge in [-0.25, -0.2) is 12.7 Å². The fourth-order valence-electron chi connectivity index (χ4n) is 1.94. The van der Waals surface area contributed by atoms with Crippen LogP contribution in [0.5, 0.6) is 0 Å². The van der Waals surface area contributed by atoms with Crippen molar-refractivity contribution in [1.29, 1.82) is 0 Å². The summed E-state index contributed by atoms with van der Waals surface area (Å²) in [6, 6.07) is 0. The van der Waals surface area contributed by atoms with Gasteiger partial charge in [0.15, 0.2) is 0 Å². The van der Waals surface area contributed by atoms with Crippen LogP contribution < -0.4 is 5.32 Å². The van der Waals surface area contributed by atoms with E-state index in [-0.39, 0.29) is 4.90 Å². The standard InChI is InChI=1S/C14H28N4O2S/c1-5-7-15-8-9-18-12-14(10-16-18)21(19,20)17(4)11-13(3)6-2/h10,12-13,15H,5-9,11H2,1-4H3. The molecule has 0 fully saturated rings. The average Bonchev–Trinajstić information content (AvgIpc) is 2.92. The van der Waals surface area contributed by atoms with E-state index in [9.17, 15) is 8.42 Å². The zero-order chi connectivity index (χ0) is 15.9. The maximum absolute atomic E-state index is 12.4. The second-order valence-corrected chi connectivity index (χ2v) is 7.53. The first-order chi connectivity index (χ1) is 9.91. The van der Waals surface area contributed by atoms with Crippen molar-refractivity contribution >= 4 is 10.0 Å². The molecule has 1 rings (SSSR count). The van der Waals surface area contributed by atoms with Crippen LogP contribution in [-0.4, -0.2) is 49.2 Å². The predicted octanol–water partition coefficient (Wildman–Crippen LogP) is 1.55. The third-order valence-corrected chi connectivity index (χ3v) is 5.30. The highest BCUT2D eigenvalue weighted by Gasteiger charge is 2.23. The van der Waals surface area contributed by atoms with Gasteiger partial charge >= 0.3 is 0 Å². The van der Waals surface area contributed by atoms with Gasteiger partial charge in [0.1, 0.15) is 4.90 Å². The van der Waals surface area contributed by atoms with E-state index in [2.05, 4.69) is 31.2 Å². The van der Waals surface area contributed by atoms with E-state index < -0.39 is 10.0 Å². The van der Waals surface area contributed by atoms with Crippen molar-refractivity contribution in [2.24, 2.45) is 5.92 Å². The zero-order valence-electron chi connectivity index (χ0n) is 13.5. The van der Waals surface area contributed by atoms with Gasteiger partial charge in [-0.2, -0.15) is 5.10 Å². The number of hydrogen-bond donors (Lipinski definition) is 1. The smallest absolute Gasteiger partial charge is 0.245 e. The SMILES string of the molecule is CCCNCCn1cc(S(=O)(=O)N(C)CC(C)CC)cn1. The summed E-state index contributed by atoms with van der Waals surface area (Å²) < 4.78 is 27.9. The minimum atomic E-state index is -3.43. The summed E-state index contributed by atoms with van der Waals surface area (Å²) in [6.07, 6.45) is 5.08. The largest absolute Gasteiger partial charge is 0.315 e. The molecule has 0 spiro atoms. The molecule has 122 valence electrons. The highest BCUT2D eigenvalue weighted by molar-refractivity contribution is 7.89. The van der Waals surface area contributed by atoms with Crippen molar-refractivity contribution < 1.29 is 8.42 Å². The normalized spacial score (nSPS) is 13.8. The van der Waals surface area contributed by atoms with E-state index in [1.165, 1.54) is 10.5 Å². The van der Waals surface area contributed by atoms with Crippen LogP contribution in [0.25, 0.3) is 0 Å². The van der Waals surface area contributed by atoms with Gasteiger partial charge in [0.25, 0.3) is 0 Å². The topological polar surface area (TPSA) is 67.2 Å². The van der Waals surface area contributed by atoms with Gasteiger partial charge in [-0.1, -0.05) is 27.2 Å². The molecule has 21 heavy (non-hydrogen) atoms. The van der Waals surface area contributed by atoms with Crippen LogP contribution in [0.2, 0.25) is 0 Å². The van der Waals surface area contributed by atoms with Crippen LogP contribution in [0.3, 0.4) is 0 Å². The van der Waals surface area contributed by atoms with Gasteiger partial charge in [-0.3, -0.25) is 4.68 Å². The minimum Gasteiger partial charge on any atom is -0.315 e. The van der Waals surface area contributed by atoms with E-state index in [0.29, 0.717) is 19.0 Å². The lowest BCUT2D eigenvalue weighted by molar-refractivity contribution is 0.393. The molecular formula is C14H28N4O2S. The Labute approximate surface area is 128 Å². The van der Waals surface area contributed by atoms with Crippen LogP contribution in [0.4, 0.5) is 0 Å². The number of nitrogens with one attached hydrogen (secondary N) is 1. The second kappa shape index (κ2) is 8.51. The van der Waals surface area contributed by atoms with Crippen LogP contribution >= 0.6 is 0 Å². The highest BCUT2D eigenvalue weighted by Crippen LogP contribution is 2.15. The molecule has 0 aliphatic heterocycles. The maximum Gasteiger partial charge on any atom is 0.245 e. The van der Waals surface area contributed by atoms with Crippen LogP contribution in [0, 0.1) is 5.92 Å². The molecule has 0 aliphatic carbocycles. The van der Waals surface area contributed by atoms with Crippen LogP contribution in [-0.2, 0) is 16.6 Å². The minimum absolute atomic E-state index is 0.267. The average molecular weight is 316 g/mol. The summed E-state index contributed by atoms with van der Waals surface area (Å²) in [6.45, 7) is 9.18. The van der Waals surface area contributed by atoms with Gasteiger partial charge < -0.3 is 5.32 Å². The summed E-state index contributed by atoms with van der Waals surface area (Å²) in [5, 5.41) is 7.40. The van der Waals surface area contributed by atoms with E-state index in [1.807, 2.05) is 0 Å². The second-order valence-electron chi connectivity index (χ2n) is 5.49. The molecule has 1 aromatic rings. The van der Waals surface area contributed by atoms with Crippen LogP contribution in [0.1, 0.15) is 33.6 Å². The van der Waals surface area contributed by atoms with Gasteiger partial charge in [0.05, 0.1) is 12.7 Å². The molecule has 1 atom stereocenters. The summed E-state index contributed by atoms with van der Waals surface area (Å²) in [5.41, 5.74) is 0. The Balaban J connectivity index is 2.65. The number of aromatic nitrogens is 2. The van der Waals surface area contributed by atoms with E-state index in [1.54, 1.807) is 17.9 Å². The van der Waals surface area contributed by atoms with Crippen molar-refractivity contribution in [1.82, 2.24) is 19.4 Å². The molecule has 6 nitrogen and oxygen atoms in total. The lowest BCUT2D eigenvalue weighted by Crippen LogP contribution is -2.30. The Hall–Kier alpha value is -0.920. The highest BCUT2D eigenvalue weighted by atomic mass is 32.2. The van der Waals surface area contributed by atoms with Crippen molar-refractivity contribution in [3.8, 4) is 0 Å². The van der Waals surface area contributed by atoms with Crippen molar-refractivity contribution in [2.75, 3.05) is 26.7 Å². The number of hydrogen-bond acceptors (Lipinski definition) is 4. The summed E-state index contributed by atoms with van der Waals surface area (Å²) in [5.74, 6) is 0.345. The Morgan fingerprint density at radius 1 is 1.38 bits per heavy atom. The molecule has 1 heterocycles. The summed E-state index contributed by atoms with van der Waals surface area (Å²) in [4.78, 5) is 0.267. The molecule has 0 aliphatic rings. The molecule has 7 heteroatoms. The fraction of sp³-hybridized carbons (Fsp3) is 0.786. The molecule has 0 radical (unpaired) electrons. The fourth-order valence-corrected chi connectivity index (χ4v) is 3.19. The Morgan fingerprint density at radius 3 is 2.71 bits per heavy atom. The Morgan fingerprint density at radius 2 is 2.10 bits per heavy atom. The molecule has 1 N–H and O–H groups in total. The molecule has 0 saturated carbocycles. The molecule has 0 amide bonds. The lowest BCUT2D eigenvalue weighted by atomic mass is 10.1. The van der Waals surface area contributed by atoms with Crippen LogP contribution in [0.15, 0.2) is 17.3 Å². The quantitative estimate of drug-likeness (QED) is 0.665. The van der Waals surface area contributed by atoms with Crippen molar-refractivity contribution in [3.05, 3.63) is 12.4 Å². The first kappa shape index (κ1) is 18.1. The van der Waals surface area contributed by atoms with Crippen molar-refractivity contribution in [2.45, 2.75) is 45.1 Å². The van der Waals surface area contributed by atoms with E-state index >= 15 is 0 Å². The monoisotopic (exact) mass is 316 g/mol. The molecule has 0 aromatic carbocycles. The third-order valence-electron chi connectivity index (χ3n) is 3.53. The molecule has 1 unspecified atom stereocenters. The first-order valence-electron chi connectivity index (χ1n) is 7.61. The summed E-state index contributed by atoms with van der Waals surface area (Å²) in [7, 11) is -1.80. The number of sulfonamides is 1. The zero-order valence-corrected chi connectivity index (χ0v) is 14.4. The third kappa shape index (κ3) is 5.41. The van der Waals surface area contributed by atoms with Gasteiger partial charge in [-0.05, 0) is 18.9 Å². The van der Waals surface area contributed by atoms with Gasteiger partial charge in [0.2, 0.25) is 10.0 Å². The summed E-state index contributed by atoms with van der Waals surface area (Å²) >= 11 is 0. The Bertz CT molecular complexity index is 513. The lowest BCUT2D eigenvalue weighted by Gasteiger charge is -2.19. The number of rotatable bonds is 10. The molecule has 0 saturated heterocycles. The van der Waals surface area contributed by atoms with E-state index in [0.717, 1.165) is 25.9 Å². The first-order valence-corrected chi connectivity index (χ1v) is 9.05. The molecular weight excluding hydrogens is 288 g/mol. The molecule has 1 aromatic heterocycles.